The summed E-state index contributed by atoms with van der Waals surface area (Å²) in [5, 5.41) is 0. The van der Waals surface area contributed by atoms with Crippen molar-refractivity contribution in [3.8, 4) is 11.5 Å². The molecule has 2 nitrogen and oxygen atoms in total. The van der Waals surface area contributed by atoms with Crippen LogP contribution >= 0.6 is 0 Å². The SMILES string of the molecule is CCCCC[C@H]1CC[C@H]([C@H]2CC[C@H](COc3ccc(OCCC)c(F)c3F)CC2)CC1. The van der Waals surface area contributed by atoms with Crippen LogP contribution in [-0.4, -0.2) is 13.2 Å². The van der Waals surface area contributed by atoms with Gasteiger partial charge in [-0.05, 0) is 80.8 Å². The van der Waals surface area contributed by atoms with E-state index < -0.39 is 11.6 Å². The van der Waals surface area contributed by atoms with E-state index in [0.717, 1.165) is 37.0 Å². The van der Waals surface area contributed by atoms with Gasteiger partial charge in [-0.25, -0.2) is 0 Å². The molecule has 0 saturated heterocycles. The summed E-state index contributed by atoms with van der Waals surface area (Å²) in [6, 6.07) is 2.97. The summed E-state index contributed by atoms with van der Waals surface area (Å²) in [4.78, 5) is 0. The minimum atomic E-state index is -0.944. The molecule has 2 aliphatic rings. The Morgan fingerprint density at radius 3 is 1.81 bits per heavy atom. The normalized spacial score (nSPS) is 26.6. The first-order valence-electron chi connectivity index (χ1n) is 12.9. The highest BCUT2D eigenvalue weighted by atomic mass is 19.2. The molecule has 0 unspecified atom stereocenters. The Bertz CT molecular complexity index is 647. The molecule has 0 atom stereocenters. The maximum absolute atomic E-state index is 14.3. The van der Waals surface area contributed by atoms with Crippen LogP contribution in [0.1, 0.15) is 97.3 Å². The van der Waals surface area contributed by atoms with Crippen LogP contribution in [0.3, 0.4) is 0 Å². The highest BCUT2D eigenvalue weighted by Gasteiger charge is 2.31. The zero-order chi connectivity index (χ0) is 22.1. The Hall–Kier alpha value is -1.32. The van der Waals surface area contributed by atoms with Crippen LogP contribution in [0.2, 0.25) is 0 Å². The Balaban J connectivity index is 1.38. The number of benzene rings is 1. The van der Waals surface area contributed by atoms with Crippen molar-refractivity contribution in [3.05, 3.63) is 23.8 Å². The zero-order valence-electron chi connectivity index (χ0n) is 19.6. The zero-order valence-corrected chi connectivity index (χ0v) is 19.6. The van der Waals surface area contributed by atoms with Gasteiger partial charge in [0.25, 0.3) is 0 Å². The average molecular weight is 437 g/mol. The summed E-state index contributed by atoms with van der Waals surface area (Å²) >= 11 is 0. The molecule has 176 valence electrons. The van der Waals surface area contributed by atoms with E-state index in [0.29, 0.717) is 19.1 Å². The Morgan fingerprint density at radius 2 is 1.26 bits per heavy atom. The van der Waals surface area contributed by atoms with Crippen LogP contribution in [-0.2, 0) is 0 Å². The molecule has 0 spiro atoms. The fraction of sp³-hybridized carbons (Fsp3) is 0.778. The highest BCUT2D eigenvalue weighted by molar-refractivity contribution is 5.35. The van der Waals surface area contributed by atoms with Crippen molar-refractivity contribution in [1.82, 2.24) is 0 Å². The fourth-order valence-electron chi connectivity index (χ4n) is 5.61. The maximum Gasteiger partial charge on any atom is 0.204 e. The van der Waals surface area contributed by atoms with E-state index in [1.54, 1.807) is 0 Å². The lowest BCUT2D eigenvalue weighted by Crippen LogP contribution is -2.27. The molecule has 0 aliphatic heterocycles. The molecule has 2 saturated carbocycles. The van der Waals surface area contributed by atoms with Crippen molar-refractivity contribution < 1.29 is 18.3 Å². The molecule has 4 heteroatoms. The van der Waals surface area contributed by atoms with E-state index in [1.165, 1.54) is 76.3 Å². The lowest BCUT2D eigenvalue weighted by atomic mass is 9.69. The van der Waals surface area contributed by atoms with Gasteiger partial charge in [-0.2, -0.15) is 8.78 Å². The smallest absolute Gasteiger partial charge is 0.204 e. The van der Waals surface area contributed by atoms with E-state index in [2.05, 4.69) is 6.92 Å². The summed E-state index contributed by atoms with van der Waals surface area (Å²) < 4.78 is 39.4. The minimum absolute atomic E-state index is 0.00451. The molecule has 2 fully saturated rings. The predicted octanol–water partition coefficient (Wildman–Crippen LogP) is 8.33. The third-order valence-electron chi connectivity index (χ3n) is 7.61. The molecule has 0 bridgehead atoms. The second-order valence-electron chi connectivity index (χ2n) is 9.91. The predicted molar refractivity (Wildman–Crippen MR) is 123 cm³/mol. The van der Waals surface area contributed by atoms with Crippen LogP contribution in [0, 0.1) is 35.3 Å². The summed E-state index contributed by atoms with van der Waals surface area (Å²) in [5.41, 5.74) is 0. The topological polar surface area (TPSA) is 18.5 Å². The van der Waals surface area contributed by atoms with Gasteiger partial charge in [0.05, 0.1) is 13.2 Å². The van der Waals surface area contributed by atoms with Gasteiger partial charge in [0.1, 0.15) is 0 Å². The monoisotopic (exact) mass is 436 g/mol. The van der Waals surface area contributed by atoms with E-state index in [9.17, 15) is 8.78 Å². The lowest BCUT2D eigenvalue weighted by molar-refractivity contribution is 0.120. The van der Waals surface area contributed by atoms with Crippen molar-refractivity contribution in [1.29, 1.82) is 0 Å². The molecule has 0 radical (unpaired) electrons. The largest absolute Gasteiger partial charge is 0.490 e. The van der Waals surface area contributed by atoms with Crippen LogP contribution < -0.4 is 9.47 Å². The number of halogens is 2. The molecule has 0 amide bonds. The molecular formula is C27H42F2O2. The first kappa shape index (κ1) is 24.3. The van der Waals surface area contributed by atoms with E-state index in [-0.39, 0.29) is 11.5 Å². The number of rotatable bonds is 11. The van der Waals surface area contributed by atoms with Crippen molar-refractivity contribution in [2.75, 3.05) is 13.2 Å². The van der Waals surface area contributed by atoms with Gasteiger partial charge in [0.15, 0.2) is 11.5 Å². The summed E-state index contributed by atoms with van der Waals surface area (Å²) in [5.74, 6) is 1.28. The third kappa shape index (κ3) is 7.08. The van der Waals surface area contributed by atoms with Crippen LogP contribution in [0.5, 0.6) is 11.5 Å². The number of unbranched alkanes of at least 4 members (excludes halogenated alkanes) is 2. The third-order valence-corrected chi connectivity index (χ3v) is 7.61. The lowest BCUT2D eigenvalue weighted by Gasteiger charge is -2.38. The summed E-state index contributed by atoms with van der Waals surface area (Å²) in [7, 11) is 0. The van der Waals surface area contributed by atoms with E-state index in [4.69, 9.17) is 9.47 Å². The first-order chi connectivity index (χ1) is 15.1. The van der Waals surface area contributed by atoms with Gasteiger partial charge in [0.2, 0.25) is 11.6 Å². The summed E-state index contributed by atoms with van der Waals surface area (Å²) in [6.07, 6.45) is 16.8. The molecule has 0 N–H and O–H groups in total. The number of ether oxygens (including phenoxy) is 2. The quantitative estimate of drug-likeness (QED) is 0.325. The highest BCUT2D eigenvalue weighted by Crippen LogP contribution is 2.42. The fourth-order valence-corrected chi connectivity index (χ4v) is 5.61. The average Bonchev–Trinajstić information content (AvgIpc) is 2.80. The molecule has 1 aromatic carbocycles. The van der Waals surface area contributed by atoms with Gasteiger partial charge in [-0.3, -0.25) is 0 Å². The van der Waals surface area contributed by atoms with E-state index in [1.807, 2.05) is 6.92 Å². The molecule has 31 heavy (non-hydrogen) atoms. The molecular weight excluding hydrogens is 394 g/mol. The molecule has 2 aliphatic carbocycles. The Morgan fingerprint density at radius 1 is 0.710 bits per heavy atom. The minimum Gasteiger partial charge on any atom is -0.490 e. The van der Waals surface area contributed by atoms with Gasteiger partial charge in [-0.1, -0.05) is 52.4 Å². The van der Waals surface area contributed by atoms with Gasteiger partial charge in [-0.15, -0.1) is 0 Å². The molecule has 3 rings (SSSR count). The number of hydrogen-bond donors (Lipinski definition) is 0. The number of hydrogen-bond acceptors (Lipinski definition) is 2. The van der Waals surface area contributed by atoms with Crippen molar-refractivity contribution >= 4 is 0 Å². The maximum atomic E-state index is 14.3. The van der Waals surface area contributed by atoms with E-state index >= 15 is 0 Å². The Kier molecular flexibility index (Phi) is 9.93. The van der Waals surface area contributed by atoms with Crippen molar-refractivity contribution in [3.63, 3.8) is 0 Å². The van der Waals surface area contributed by atoms with Crippen LogP contribution in [0.25, 0.3) is 0 Å². The second kappa shape index (κ2) is 12.6. The van der Waals surface area contributed by atoms with Gasteiger partial charge < -0.3 is 9.47 Å². The second-order valence-corrected chi connectivity index (χ2v) is 9.91. The van der Waals surface area contributed by atoms with Gasteiger partial charge >= 0.3 is 0 Å². The van der Waals surface area contributed by atoms with Crippen molar-refractivity contribution in [2.24, 2.45) is 23.7 Å². The molecule has 1 aromatic rings. The van der Waals surface area contributed by atoms with Gasteiger partial charge in [0, 0.05) is 0 Å². The van der Waals surface area contributed by atoms with Crippen LogP contribution in [0.4, 0.5) is 8.78 Å². The standard InChI is InChI=1S/C27H42F2O2/c1-3-5-6-7-20-8-12-22(13-9-20)23-14-10-21(11-15-23)19-31-25-17-16-24(30-18-4-2)26(28)27(25)29/h16-17,20-23H,3-15,18-19H2,1-2H3/t20-,21-,22-,23-. The summed E-state index contributed by atoms with van der Waals surface area (Å²) in [6.45, 7) is 5.06. The molecule has 0 heterocycles. The van der Waals surface area contributed by atoms with Crippen molar-refractivity contribution in [2.45, 2.75) is 97.3 Å². The Labute approximate surface area is 188 Å². The van der Waals surface area contributed by atoms with Crippen LogP contribution in [0.15, 0.2) is 12.1 Å². The first-order valence-corrected chi connectivity index (χ1v) is 12.9. The molecule has 0 aromatic heterocycles.